The van der Waals surface area contributed by atoms with Crippen molar-refractivity contribution in [3.8, 4) is 0 Å². The van der Waals surface area contributed by atoms with Gasteiger partial charge in [-0.05, 0) is 51.3 Å². The van der Waals surface area contributed by atoms with E-state index in [2.05, 4.69) is 26.3 Å². The van der Waals surface area contributed by atoms with Gasteiger partial charge in [0.1, 0.15) is 0 Å². The molecule has 2 rings (SSSR count). The van der Waals surface area contributed by atoms with Gasteiger partial charge in [-0.25, -0.2) is 9.79 Å². The van der Waals surface area contributed by atoms with Gasteiger partial charge in [0, 0.05) is 38.9 Å². The van der Waals surface area contributed by atoms with Gasteiger partial charge in [-0.1, -0.05) is 25.0 Å². The second-order valence-electron chi connectivity index (χ2n) is 8.69. The number of carbonyl (C=O) groups excluding carboxylic acids is 2. The quantitative estimate of drug-likeness (QED) is 0.223. The molecule has 0 spiro atoms. The Morgan fingerprint density at radius 1 is 1.09 bits per heavy atom. The molecule has 9 heteroatoms. The maximum absolute atomic E-state index is 12.8. The highest BCUT2D eigenvalue weighted by molar-refractivity contribution is 14.0. The molecule has 0 atom stereocenters. The van der Waals surface area contributed by atoms with Crippen LogP contribution in [0, 0.1) is 5.41 Å². The molecule has 0 saturated heterocycles. The number of anilines is 1. The van der Waals surface area contributed by atoms with Gasteiger partial charge in [-0.2, -0.15) is 0 Å². The number of carbonyl (C=O) groups is 2. The Balaban J connectivity index is 0.00000512. The molecule has 1 saturated carbocycles. The third-order valence-corrected chi connectivity index (χ3v) is 5.41. The van der Waals surface area contributed by atoms with Crippen LogP contribution in [0.5, 0.6) is 0 Å². The molecule has 0 heterocycles. The number of hydrogen-bond acceptors (Lipinski definition) is 3. The van der Waals surface area contributed by atoms with Crippen LogP contribution in [-0.2, 0) is 11.3 Å². The lowest BCUT2D eigenvalue weighted by Crippen LogP contribution is -2.49. The highest BCUT2D eigenvalue weighted by atomic mass is 127. The summed E-state index contributed by atoms with van der Waals surface area (Å²) in [5.41, 5.74) is 1.43. The van der Waals surface area contributed by atoms with Gasteiger partial charge in [0.05, 0.1) is 12.0 Å². The average Bonchev–Trinajstić information content (AvgIpc) is 3.20. The van der Waals surface area contributed by atoms with E-state index in [-0.39, 0.29) is 47.4 Å². The molecule has 0 aliphatic heterocycles. The molecule has 1 aromatic rings. The topological polar surface area (TPSA) is 97.9 Å². The van der Waals surface area contributed by atoms with Gasteiger partial charge in [0.15, 0.2) is 5.96 Å². The molecule has 0 bridgehead atoms. The molecule has 1 aliphatic rings. The summed E-state index contributed by atoms with van der Waals surface area (Å²) in [7, 11) is 3.65. The zero-order valence-corrected chi connectivity index (χ0v) is 22.3. The first-order chi connectivity index (χ1) is 14.8. The molecule has 0 aromatic heterocycles. The Morgan fingerprint density at radius 3 is 2.25 bits per heavy atom. The van der Waals surface area contributed by atoms with E-state index in [1.54, 1.807) is 4.90 Å². The summed E-state index contributed by atoms with van der Waals surface area (Å²) < 4.78 is 0. The van der Waals surface area contributed by atoms with Crippen molar-refractivity contribution in [2.75, 3.05) is 32.5 Å². The van der Waals surface area contributed by atoms with Crippen molar-refractivity contribution in [2.45, 2.75) is 59.0 Å². The molecule has 0 radical (unpaired) electrons. The Morgan fingerprint density at radius 2 is 1.72 bits per heavy atom. The van der Waals surface area contributed by atoms with Crippen molar-refractivity contribution in [3.05, 3.63) is 29.8 Å². The normalized spacial score (nSPS) is 15.0. The number of nitrogens with zero attached hydrogens (tertiary/aromatic N) is 2. The van der Waals surface area contributed by atoms with E-state index in [1.807, 2.05) is 59.1 Å². The summed E-state index contributed by atoms with van der Waals surface area (Å²) in [6, 6.07) is 7.51. The van der Waals surface area contributed by atoms with E-state index in [1.165, 1.54) is 0 Å². The number of amides is 3. The van der Waals surface area contributed by atoms with Crippen molar-refractivity contribution in [1.29, 1.82) is 0 Å². The summed E-state index contributed by atoms with van der Waals surface area (Å²) in [4.78, 5) is 31.0. The first-order valence-corrected chi connectivity index (χ1v) is 11.2. The van der Waals surface area contributed by atoms with Crippen LogP contribution in [-0.4, -0.2) is 56.0 Å². The van der Waals surface area contributed by atoms with Gasteiger partial charge < -0.3 is 26.2 Å². The highest BCUT2D eigenvalue weighted by Gasteiger charge is 2.42. The van der Waals surface area contributed by atoms with Crippen molar-refractivity contribution < 1.29 is 9.59 Å². The van der Waals surface area contributed by atoms with Crippen LogP contribution in [0.4, 0.5) is 10.5 Å². The van der Waals surface area contributed by atoms with Crippen LogP contribution in [0.3, 0.4) is 0 Å². The fourth-order valence-electron chi connectivity index (χ4n) is 3.88. The molecule has 3 amide bonds. The minimum Gasteiger partial charge on any atom is -0.357 e. The van der Waals surface area contributed by atoms with Crippen LogP contribution < -0.4 is 21.3 Å². The number of hydrogen-bond donors (Lipinski definition) is 4. The maximum Gasteiger partial charge on any atom is 0.319 e. The number of halogens is 1. The molecule has 1 aliphatic carbocycles. The second-order valence-corrected chi connectivity index (χ2v) is 8.69. The van der Waals surface area contributed by atoms with E-state index < -0.39 is 0 Å². The minimum atomic E-state index is -0.344. The third-order valence-electron chi connectivity index (χ3n) is 5.41. The number of guanidine groups is 1. The predicted molar refractivity (Wildman–Crippen MR) is 142 cm³/mol. The molecule has 0 unspecified atom stereocenters. The monoisotopic (exact) mass is 558 g/mol. The van der Waals surface area contributed by atoms with Crippen LogP contribution in [0.25, 0.3) is 0 Å². The molecule has 1 fully saturated rings. The number of aliphatic imine (C=N–C) groups is 1. The lowest BCUT2D eigenvalue weighted by molar-refractivity contribution is -0.138. The second kappa shape index (κ2) is 13.5. The molecular formula is C23H39IN6O2. The molecule has 4 N–H and O–H groups in total. The lowest BCUT2D eigenvalue weighted by Gasteiger charge is -2.31. The Bertz CT molecular complexity index is 758. The van der Waals surface area contributed by atoms with Gasteiger partial charge >= 0.3 is 6.03 Å². The number of rotatable bonds is 8. The van der Waals surface area contributed by atoms with Crippen molar-refractivity contribution >= 4 is 47.6 Å². The Kier molecular flexibility index (Phi) is 11.8. The van der Waals surface area contributed by atoms with E-state index in [9.17, 15) is 9.59 Å². The van der Waals surface area contributed by atoms with Crippen LogP contribution >= 0.6 is 24.0 Å². The zero-order valence-electron chi connectivity index (χ0n) is 20.0. The Labute approximate surface area is 209 Å². The molecule has 8 nitrogen and oxygen atoms in total. The van der Waals surface area contributed by atoms with Gasteiger partial charge in [-0.15, -0.1) is 24.0 Å². The van der Waals surface area contributed by atoms with E-state index in [0.29, 0.717) is 19.0 Å². The minimum absolute atomic E-state index is 0. The maximum atomic E-state index is 12.8. The third kappa shape index (κ3) is 8.48. The summed E-state index contributed by atoms with van der Waals surface area (Å²) >= 11 is 0. The summed E-state index contributed by atoms with van der Waals surface area (Å²) in [5, 5.41) is 12.3. The highest BCUT2D eigenvalue weighted by Crippen LogP contribution is 2.38. The fourth-order valence-corrected chi connectivity index (χ4v) is 3.88. The first kappa shape index (κ1) is 28.0. The summed E-state index contributed by atoms with van der Waals surface area (Å²) in [6.45, 7) is 7.69. The fraction of sp³-hybridized carbons (Fsp3) is 0.609. The van der Waals surface area contributed by atoms with Gasteiger partial charge in [0.2, 0.25) is 5.91 Å². The Hall–Kier alpha value is -2.04. The zero-order chi connectivity index (χ0) is 22.9. The standard InChI is InChI=1S/C23H38N6O2.HI/c1-6-24-21(26-16-23(13-7-8-14-23)20(30)29(4)5)25-15-18-9-11-19(12-10-18)28-22(31)27-17(2)3;/h9-12,17H,6-8,13-16H2,1-5H3,(H2,24,25,26)(H2,27,28,31);1H. The van der Waals surface area contributed by atoms with Gasteiger partial charge in [-0.3, -0.25) is 4.79 Å². The number of nitrogens with one attached hydrogen (secondary N) is 4. The van der Waals surface area contributed by atoms with E-state index in [4.69, 9.17) is 0 Å². The summed E-state index contributed by atoms with van der Waals surface area (Å²) in [6.07, 6.45) is 4.00. The van der Waals surface area contributed by atoms with E-state index >= 15 is 0 Å². The molecule has 32 heavy (non-hydrogen) atoms. The summed E-state index contributed by atoms with van der Waals surface area (Å²) in [5.74, 6) is 0.900. The van der Waals surface area contributed by atoms with Crippen molar-refractivity contribution in [3.63, 3.8) is 0 Å². The van der Waals surface area contributed by atoms with E-state index in [0.717, 1.165) is 43.5 Å². The van der Waals surface area contributed by atoms with Crippen LogP contribution in [0.1, 0.15) is 52.0 Å². The number of urea groups is 1. The average molecular weight is 559 g/mol. The van der Waals surface area contributed by atoms with Crippen molar-refractivity contribution in [2.24, 2.45) is 10.4 Å². The van der Waals surface area contributed by atoms with Crippen LogP contribution in [0.2, 0.25) is 0 Å². The smallest absolute Gasteiger partial charge is 0.319 e. The molecular weight excluding hydrogens is 519 g/mol. The molecule has 180 valence electrons. The van der Waals surface area contributed by atoms with Crippen LogP contribution in [0.15, 0.2) is 29.3 Å². The van der Waals surface area contributed by atoms with Gasteiger partial charge in [0.25, 0.3) is 0 Å². The first-order valence-electron chi connectivity index (χ1n) is 11.2. The SMILES string of the molecule is CCNC(=NCc1ccc(NC(=O)NC(C)C)cc1)NCC1(C(=O)N(C)C)CCCC1.I. The number of benzene rings is 1. The molecule has 1 aromatic carbocycles. The van der Waals surface area contributed by atoms with Crippen molar-refractivity contribution in [1.82, 2.24) is 20.9 Å². The predicted octanol–water partition coefficient (Wildman–Crippen LogP) is 3.54. The largest absolute Gasteiger partial charge is 0.357 e. The lowest BCUT2D eigenvalue weighted by atomic mass is 9.84.